The molecule has 1 atom stereocenters. The molecular weight excluding hydrogens is 224 g/mol. The highest BCUT2D eigenvalue weighted by atomic mass is 16.4. The third-order valence-electron chi connectivity index (χ3n) is 2.15. The van der Waals surface area contributed by atoms with Gasteiger partial charge in [-0.2, -0.15) is 0 Å². The highest BCUT2D eigenvalue weighted by molar-refractivity contribution is 5.89. The molecule has 0 fully saturated rings. The fourth-order valence-electron chi connectivity index (χ4n) is 1.18. The van der Waals surface area contributed by atoms with Crippen LogP contribution in [0.3, 0.4) is 0 Å². The van der Waals surface area contributed by atoms with Gasteiger partial charge in [0, 0.05) is 5.92 Å². The van der Waals surface area contributed by atoms with Crippen LogP contribution in [0, 0.1) is 5.92 Å². The minimum absolute atomic E-state index is 0.207. The molecule has 6 nitrogen and oxygen atoms in total. The fraction of sp³-hybridized carbons (Fsp3) is 0.727. The van der Waals surface area contributed by atoms with E-state index in [-0.39, 0.29) is 11.8 Å². The summed E-state index contributed by atoms with van der Waals surface area (Å²) < 4.78 is 0. The van der Waals surface area contributed by atoms with Gasteiger partial charge in [-0.1, -0.05) is 27.2 Å². The molecule has 0 aliphatic rings. The molecule has 0 aliphatic heterocycles. The molecule has 0 saturated heterocycles. The van der Waals surface area contributed by atoms with E-state index >= 15 is 0 Å². The minimum atomic E-state index is -1.11. The Morgan fingerprint density at radius 3 is 2.18 bits per heavy atom. The number of rotatable bonds is 7. The third kappa shape index (κ3) is 6.55. The first-order chi connectivity index (χ1) is 7.88. The molecule has 1 unspecified atom stereocenters. The van der Waals surface area contributed by atoms with E-state index in [1.165, 1.54) is 0 Å². The van der Waals surface area contributed by atoms with Gasteiger partial charge >= 0.3 is 5.97 Å². The van der Waals surface area contributed by atoms with Crippen LogP contribution in [-0.4, -0.2) is 35.5 Å². The van der Waals surface area contributed by atoms with Crippen molar-refractivity contribution >= 4 is 17.8 Å². The number of carbonyl (C=O) groups excluding carboxylic acids is 2. The zero-order chi connectivity index (χ0) is 13.4. The number of carboxylic acids is 1. The fourth-order valence-corrected chi connectivity index (χ4v) is 1.18. The van der Waals surface area contributed by atoms with Gasteiger partial charge < -0.3 is 15.7 Å². The number of carbonyl (C=O) groups is 3. The van der Waals surface area contributed by atoms with Crippen molar-refractivity contribution in [2.45, 2.75) is 39.7 Å². The predicted molar refractivity (Wildman–Crippen MR) is 62.3 cm³/mol. The maximum Gasteiger partial charge on any atom is 0.322 e. The van der Waals surface area contributed by atoms with E-state index in [0.717, 1.165) is 6.42 Å². The molecule has 98 valence electrons. The van der Waals surface area contributed by atoms with Crippen molar-refractivity contribution in [3.63, 3.8) is 0 Å². The van der Waals surface area contributed by atoms with Crippen molar-refractivity contribution in [3.05, 3.63) is 0 Å². The van der Waals surface area contributed by atoms with Gasteiger partial charge in [-0.25, -0.2) is 0 Å². The van der Waals surface area contributed by atoms with Gasteiger partial charge in [-0.05, 0) is 6.42 Å². The molecule has 0 aromatic heterocycles. The van der Waals surface area contributed by atoms with Gasteiger partial charge in [-0.3, -0.25) is 14.4 Å². The molecule has 3 N–H and O–H groups in total. The van der Waals surface area contributed by atoms with Gasteiger partial charge in [0.25, 0.3) is 0 Å². The summed E-state index contributed by atoms with van der Waals surface area (Å²) in [6.07, 6.45) is 1.22. The summed E-state index contributed by atoms with van der Waals surface area (Å²) in [4.78, 5) is 33.4. The molecule has 0 aromatic rings. The van der Waals surface area contributed by atoms with Crippen LogP contribution in [0.25, 0.3) is 0 Å². The maximum absolute atomic E-state index is 11.6. The van der Waals surface area contributed by atoms with Crippen LogP contribution in [0.15, 0.2) is 0 Å². The van der Waals surface area contributed by atoms with Gasteiger partial charge in [0.1, 0.15) is 12.6 Å². The van der Waals surface area contributed by atoms with Crippen LogP contribution >= 0.6 is 0 Å². The Labute approximate surface area is 101 Å². The number of aliphatic carboxylic acids is 1. The molecule has 0 aliphatic carbocycles. The number of nitrogens with one attached hydrogen (secondary N) is 2. The Morgan fingerprint density at radius 1 is 1.18 bits per heavy atom. The Morgan fingerprint density at radius 2 is 1.76 bits per heavy atom. The molecule has 0 bridgehead atoms. The van der Waals surface area contributed by atoms with Crippen molar-refractivity contribution in [2.24, 2.45) is 5.92 Å². The van der Waals surface area contributed by atoms with E-state index in [0.29, 0.717) is 6.42 Å². The molecule has 0 rings (SSSR count). The monoisotopic (exact) mass is 244 g/mol. The van der Waals surface area contributed by atoms with Gasteiger partial charge in [-0.15, -0.1) is 0 Å². The Kier molecular flexibility index (Phi) is 6.93. The summed E-state index contributed by atoms with van der Waals surface area (Å²) in [7, 11) is 0. The molecule has 2 amide bonds. The van der Waals surface area contributed by atoms with Crippen LogP contribution in [-0.2, 0) is 14.4 Å². The minimum Gasteiger partial charge on any atom is -0.480 e. The Balaban J connectivity index is 4.35. The summed E-state index contributed by atoms with van der Waals surface area (Å²) >= 11 is 0. The topological polar surface area (TPSA) is 95.5 Å². The van der Waals surface area contributed by atoms with Crippen molar-refractivity contribution < 1.29 is 19.5 Å². The summed E-state index contributed by atoms with van der Waals surface area (Å²) in [6.45, 7) is 4.91. The molecule has 0 heterocycles. The maximum atomic E-state index is 11.6. The molecule has 0 radical (unpaired) electrons. The van der Waals surface area contributed by atoms with E-state index in [2.05, 4.69) is 10.6 Å². The van der Waals surface area contributed by atoms with Gasteiger partial charge in [0.15, 0.2) is 0 Å². The van der Waals surface area contributed by atoms with Crippen LogP contribution in [0.5, 0.6) is 0 Å². The number of amides is 2. The van der Waals surface area contributed by atoms with E-state index in [1.54, 1.807) is 13.8 Å². The zero-order valence-corrected chi connectivity index (χ0v) is 10.4. The molecular formula is C11H20N2O4. The van der Waals surface area contributed by atoms with Crippen LogP contribution < -0.4 is 10.6 Å². The summed E-state index contributed by atoms with van der Waals surface area (Å²) in [6, 6.07) is -0.658. The highest BCUT2D eigenvalue weighted by Gasteiger charge is 2.21. The third-order valence-corrected chi connectivity index (χ3v) is 2.15. The molecule has 0 spiro atoms. The first-order valence-corrected chi connectivity index (χ1v) is 5.68. The van der Waals surface area contributed by atoms with Crippen LogP contribution in [0.1, 0.15) is 33.6 Å². The average molecular weight is 244 g/mol. The quantitative estimate of drug-likeness (QED) is 0.593. The summed E-state index contributed by atoms with van der Waals surface area (Å²) in [5, 5.41) is 13.3. The lowest BCUT2D eigenvalue weighted by Crippen LogP contribution is -2.48. The highest BCUT2D eigenvalue weighted by Crippen LogP contribution is 2.00. The van der Waals surface area contributed by atoms with E-state index in [9.17, 15) is 14.4 Å². The largest absolute Gasteiger partial charge is 0.480 e. The first-order valence-electron chi connectivity index (χ1n) is 5.68. The second-order valence-corrected chi connectivity index (χ2v) is 4.12. The van der Waals surface area contributed by atoms with Crippen molar-refractivity contribution in [1.29, 1.82) is 0 Å². The smallest absolute Gasteiger partial charge is 0.322 e. The van der Waals surface area contributed by atoms with E-state index in [4.69, 9.17) is 5.11 Å². The van der Waals surface area contributed by atoms with Gasteiger partial charge in [0.05, 0.1) is 0 Å². The Bertz CT molecular complexity index is 289. The molecule has 0 aromatic carbocycles. The molecule has 6 heteroatoms. The normalized spacial score (nSPS) is 12.0. The summed E-state index contributed by atoms with van der Waals surface area (Å²) in [5.41, 5.74) is 0. The lowest BCUT2D eigenvalue weighted by atomic mass is 10.1. The first kappa shape index (κ1) is 15.4. The van der Waals surface area contributed by atoms with E-state index < -0.39 is 24.5 Å². The number of carboxylic acid groups (broad SMARTS) is 1. The average Bonchev–Trinajstić information content (AvgIpc) is 2.24. The lowest BCUT2D eigenvalue weighted by Gasteiger charge is -2.18. The standard InChI is InChI=1S/C11H20N2O4/c1-4-5-8(13-10(16)7(2)3)11(17)12-6-9(14)15/h7-8H,4-6H2,1-3H3,(H,12,17)(H,13,16)(H,14,15). The predicted octanol–water partition coefficient (Wildman–Crippen LogP) is 0.128. The second-order valence-electron chi connectivity index (χ2n) is 4.12. The number of hydrogen-bond acceptors (Lipinski definition) is 3. The van der Waals surface area contributed by atoms with Crippen molar-refractivity contribution in [3.8, 4) is 0 Å². The molecule has 17 heavy (non-hydrogen) atoms. The molecule has 0 saturated carbocycles. The summed E-state index contributed by atoms with van der Waals surface area (Å²) in [5.74, 6) is -1.98. The van der Waals surface area contributed by atoms with Gasteiger partial charge in [0.2, 0.25) is 11.8 Å². The number of hydrogen-bond donors (Lipinski definition) is 3. The zero-order valence-electron chi connectivity index (χ0n) is 10.4. The lowest BCUT2D eigenvalue weighted by molar-refractivity contribution is -0.138. The van der Waals surface area contributed by atoms with Crippen molar-refractivity contribution in [1.82, 2.24) is 10.6 Å². The SMILES string of the molecule is CCCC(NC(=O)C(C)C)C(=O)NCC(=O)O. The Hall–Kier alpha value is -1.59. The van der Waals surface area contributed by atoms with E-state index in [1.807, 2.05) is 6.92 Å². The van der Waals surface area contributed by atoms with Crippen LogP contribution in [0.2, 0.25) is 0 Å². The second kappa shape index (κ2) is 7.65. The van der Waals surface area contributed by atoms with Crippen LogP contribution in [0.4, 0.5) is 0 Å². The van der Waals surface area contributed by atoms with Crippen molar-refractivity contribution in [2.75, 3.05) is 6.54 Å².